The molecular formula is C18H28N2. The molecule has 3 rings (SSSR count). The first-order chi connectivity index (χ1) is 9.69. The van der Waals surface area contributed by atoms with E-state index in [4.69, 9.17) is 0 Å². The first-order valence-corrected chi connectivity index (χ1v) is 8.24. The lowest BCUT2D eigenvalue weighted by atomic mass is 9.82. The molecule has 1 heterocycles. The molecule has 2 aliphatic rings. The number of benzene rings is 1. The largest absolute Gasteiger partial charge is 0.305 e. The molecule has 2 heteroatoms. The molecule has 1 aromatic carbocycles. The smallest absolute Gasteiger partial charge is 0.0535 e. The van der Waals surface area contributed by atoms with Crippen molar-refractivity contribution in [2.45, 2.75) is 57.0 Å². The van der Waals surface area contributed by atoms with Gasteiger partial charge in [0.25, 0.3) is 0 Å². The van der Waals surface area contributed by atoms with E-state index in [1.807, 2.05) is 0 Å². The number of hydrogen-bond donors (Lipinski definition) is 1. The molecule has 0 aromatic heterocycles. The van der Waals surface area contributed by atoms with Crippen LogP contribution >= 0.6 is 0 Å². The van der Waals surface area contributed by atoms with Crippen molar-refractivity contribution < 1.29 is 0 Å². The molecule has 1 aliphatic heterocycles. The molecule has 20 heavy (non-hydrogen) atoms. The molecule has 2 nitrogen and oxygen atoms in total. The summed E-state index contributed by atoms with van der Waals surface area (Å²) in [5.74, 6) is 0. The molecule has 1 saturated carbocycles. The lowest BCUT2D eigenvalue weighted by molar-refractivity contribution is 0.0118. The zero-order valence-electron chi connectivity index (χ0n) is 13.0. The van der Waals surface area contributed by atoms with Crippen molar-refractivity contribution >= 4 is 0 Å². The Balaban J connectivity index is 1.84. The Morgan fingerprint density at radius 2 is 1.85 bits per heavy atom. The van der Waals surface area contributed by atoms with Crippen molar-refractivity contribution in [3.8, 4) is 0 Å². The van der Waals surface area contributed by atoms with Gasteiger partial charge in [-0.05, 0) is 38.3 Å². The first-order valence-electron chi connectivity index (χ1n) is 8.24. The van der Waals surface area contributed by atoms with Crippen LogP contribution in [0, 0.1) is 0 Å². The fourth-order valence-electron chi connectivity index (χ4n) is 4.19. The Bertz CT molecular complexity index is 436. The van der Waals surface area contributed by atoms with Crippen molar-refractivity contribution in [1.29, 1.82) is 0 Å². The molecule has 0 bridgehead atoms. The standard InChI is InChI=1S/C18H28N2/c1-3-13-20-15-17(2,16-9-5-4-6-10-16)19-14-18(20)11-7-8-12-18/h4-6,9-10,19H,3,7-8,11-15H2,1-2H3. The average molecular weight is 272 g/mol. The summed E-state index contributed by atoms with van der Waals surface area (Å²) < 4.78 is 0. The van der Waals surface area contributed by atoms with Gasteiger partial charge in [-0.3, -0.25) is 4.90 Å². The molecule has 1 spiro atoms. The summed E-state index contributed by atoms with van der Waals surface area (Å²) >= 11 is 0. The summed E-state index contributed by atoms with van der Waals surface area (Å²) in [5, 5.41) is 3.89. The predicted octanol–water partition coefficient (Wildman–Crippen LogP) is 3.53. The summed E-state index contributed by atoms with van der Waals surface area (Å²) in [6.07, 6.45) is 6.83. The summed E-state index contributed by atoms with van der Waals surface area (Å²) in [6, 6.07) is 11.0. The molecule has 110 valence electrons. The van der Waals surface area contributed by atoms with Crippen LogP contribution in [0.15, 0.2) is 30.3 Å². The third-order valence-electron chi connectivity index (χ3n) is 5.42. The van der Waals surface area contributed by atoms with Crippen LogP contribution in [-0.4, -0.2) is 30.1 Å². The molecule has 1 N–H and O–H groups in total. The number of hydrogen-bond acceptors (Lipinski definition) is 2. The fourth-order valence-corrected chi connectivity index (χ4v) is 4.19. The minimum Gasteiger partial charge on any atom is -0.305 e. The van der Waals surface area contributed by atoms with Crippen LogP contribution in [0.3, 0.4) is 0 Å². The fraction of sp³-hybridized carbons (Fsp3) is 0.667. The normalized spacial score (nSPS) is 29.9. The van der Waals surface area contributed by atoms with Crippen LogP contribution < -0.4 is 5.32 Å². The first kappa shape index (κ1) is 14.1. The van der Waals surface area contributed by atoms with Crippen molar-refractivity contribution in [1.82, 2.24) is 10.2 Å². The highest BCUT2D eigenvalue weighted by atomic mass is 15.3. The summed E-state index contributed by atoms with van der Waals surface area (Å²) in [6.45, 7) is 8.21. The summed E-state index contributed by atoms with van der Waals surface area (Å²) in [4.78, 5) is 2.80. The second-order valence-electron chi connectivity index (χ2n) is 6.90. The van der Waals surface area contributed by atoms with Crippen molar-refractivity contribution in [2.24, 2.45) is 0 Å². The molecule has 1 aliphatic carbocycles. The van der Waals surface area contributed by atoms with E-state index in [0.717, 1.165) is 13.1 Å². The van der Waals surface area contributed by atoms with Crippen LogP contribution in [0.4, 0.5) is 0 Å². The minimum absolute atomic E-state index is 0.101. The van der Waals surface area contributed by atoms with E-state index in [0.29, 0.717) is 5.54 Å². The van der Waals surface area contributed by atoms with Gasteiger partial charge in [-0.15, -0.1) is 0 Å². The van der Waals surface area contributed by atoms with Crippen LogP contribution in [0.1, 0.15) is 51.5 Å². The number of nitrogens with zero attached hydrogens (tertiary/aromatic N) is 1. The third kappa shape index (κ3) is 2.40. The van der Waals surface area contributed by atoms with Gasteiger partial charge in [-0.1, -0.05) is 50.1 Å². The number of piperazine rings is 1. The van der Waals surface area contributed by atoms with Crippen LogP contribution in [0.25, 0.3) is 0 Å². The Kier molecular flexibility index (Phi) is 3.87. The molecule has 1 unspecified atom stereocenters. The predicted molar refractivity (Wildman–Crippen MR) is 84.9 cm³/mol. The van der Waals surface area contributed by atoms with E-state index < -0.39 is 0 Å². The van der Waals surface area contributed by atoms with Gasteiger partial charge in [0, 0.05) is 18.6 Å². The molecule has 2 fully saturated rings. The lowest BCUT2D eigenvalue weighted by Crippen LogP contribution is -2.67. The van der Waals surface area contributed by atoms with Crippen molar-refractivity contribution in [3.05, 3.63) is 35.9 Å². The Morgan fingerprint density at radius 1 is 1.15 bits per heavy atom. The van der Waals surface area contributed by atoms with E-state index in [1.165, 1.54) is 44.2 Å². The molecule has 1 aromatic rings. The quantitative estimate of drug-likeness (QED) is 0.905. The van der Waals surface area contributed by atoms with Crippen LogP contribution in [0.2, 0.25) is 0 Å². The monoisotopic (exact) mass is 272 g/mol. The maximum atomic E-state index is 3.89. The molecule has 0 radical (unpaired) electrons. The van der Waals surface area contributed by atoms with Gasteiger partial charge >= 0.3 is 0 Å². The van der Waals surface area contributed by atoms with Crippen molar-refractivity contribution in [2.75, 3.05) is 19.6 Å². The van der Waals surface area contributed by atoms with E-state index in [2.05, 4.69) is 54.4 Å². The Hall–Kier alpha value is -0.860. The van der Waals surface area contributed by atoms with E-state index in [9.17, 15) is 0 Å². The zero-order chi connectivity index (χ0) is 14.1. The van der Waals surface area contributed by atoms with Crippen molar-refractivity contribution in [3.63, 3.8) is 0 Å². The van der Waals surface area contributed by atoms with Crippen LogP contribution in [-0.2, 0) is 5.54 Å². The van der Waals surface area contributed by atoms with Gasteiger partial charge in [-0.25, -0.2) is 0 Å². The number of nitrogens with one attached hydrogen (secondary N) is 1. The Labute approximate surface area is 123 Å². The minimum atomic E-state index is 0.101. The summed E-state index contributed by atoms with van der Waals surface area (Å²) in [5.41, 5.74) is 1.98. The zero-order valence-corrected chi connectivity index (χ0v) is 13.0. The molecule has 1 saturated heterocycles. The highest BCUT2D eigenvalue weighted by Crippen LogP contribution is 2.40. The average Bonchev–Trinajstić information content (AvgIpc) is 2.95. The number of rotatable bonds is 3. The van der Waals surface area contributed by atoms with Gasteiger partial charge < -0.3 is 5.32 Å². The maximum absolute atomic E-state index is 3.89. The highest BCUT2D eigenvalue weighted by molar-refractivity contribution is 5.26. The van der Waals surface area contributed by atoms with E-state index in [1.54, 1.807) is 0 Å². The van der Waals surface area contributed by atoms with E-state index >= 15 is 0 Å². The van der Waals surface area contributed by atoms with Gasteiger partial charge in [0.2, 0.25) is 0 Å². The second kappa shape index (κ2) is 5.50. The molecule has 0 amide bonds. The van der Waals surface area contributed by atoms with Gasteiger partial charge in [0.05, 0.1) is 5.54 Å². The lowest BCUT2D eigenvalue weighted by Gasteiger charge is -2.52. The second-order valence-corrected chi connectivity index (χ2v) is 6.90. The highest BCUT2D eigenvalue weighted by Gasteiger charge is 2.46. The van der Waals surface area contributed by atoms with Gasteiger partial charge in [-0.2, -0.15) is 0 Å². The molecular weight excluding hydrogens is 244 g/mol. The maximum Gasteiger partial charge on any atom is 0.0535 e. The third-order valence-corrected chi connectivity index (χ3v) is 5.42. The Morgan fingerprint density at radius 3 is 2.50 bits per heavy atom. The van der Waals surface area contributed by atoms with E-state index in [-0.39, 0.29) is 5.54 Å². The molecule has 1 atom stereocenters. The summed E-state index contributed by atoms with van der Waals surface area (Å²) in [7, 11) is 0. The SMILES string of the molecule is CCCN1CC(C)(c2ccccc2)NCC12CCCC2. The van der Waals surface area contributed by atoms with Gasteiger partial charge in [0.1, 0.15) is 0 Å². The van der Waals surface area contributed by atoms with Crippen LogP contribution in [0.5, 0.6) is 0 Å². The van der Waals surface area contributed by atoms with Gasteiger partial charge in [0.15, 0.2) is 0 Å². The topological polar surface area (TPSA) is 15.3 Å².